The average molecular weight is 257 g/mol. The number of rotatable bonds is 1. The maximum absolute atomic E-state index is 13.3. The van der Waals surface area contributed by atoms with E-state index in [0.717, 1.165) is 17.7 Å². The number of halogens is 2. The van der Waals surface area contributed by atoms with Crippen molar-refractivity contribution in [2.45, 2.75) is 0 Å². The lowest BCUT2D eigenvalue weighted by Gasteiger charge is -2.00. The molecule has 0 unspecified atom stereocenters. The molecule has 0 radical (unpaired) electrons. The Morgan fingerprint density at radius 1 is 1.00 bits per heavy atom. The number of nitrogens with one attached hydrogen (secondary N) is 1. The minimum Gasteiger partial charge on any atom is -0.321 e. The molecule has 1 N–H and O–H groups in total. The van der Waals surface area contributed by atoms with Crippen LogP contribution in [-0.4, -0.2) is 5.91 Å². The van der Waals surface area contributed by atoms with Gasteiger partial charge in [0.05, 0.1) is 5.69 Å². The van der Waals surface area contributed by atoms with Gasteiger partial charge in [-0.2, -0.15) is 0 Å². The molecule has 0 spiro atoms. The Bertz CT molecular complexity index is 693. The van der Waals surface area contributed by atoms with E-state index in [1.165, 1.54) is 0 Å². The van der Waals surface area contributed by atoms with Crippen molar-refractivity contribution in [2.24, 2.45) is 0 Å². The van der Waals surface area contributed by atoms with Crippen LogP contribution >= 0.6 is 0 Å². The van der Waals surface area contributed by atoms with Crippen molar-refractivity contribution < 1.29 is 13.6 Å². The number of fused-ring (bicyclic) bond motifs is 1. The van der Waals surface area contributed by atoms with Gasteiger partial charge in [0.2, 0.25) is 0 Å². The molecule has 0 fully saturated rings. The number of anilines is 1. The normalized spacial score (nSPS) is 15.5. The zero-order chi connectivity index (χ0) is 13.4. The molecule has 0 aromatic heterocycles. The van der Waals surface area contributed by atoms with Crippen LogP contribution in [0, 0.1) is 11.6 Å². The molecule has 0 saturated carbocycles. The molecule has 1 aliphatic heterocycles. The van der Waals surface area contributed by atoms with E-state index in [1.807, 2.05) is 30.3 Å². The van der Waals surface area contributed by atoms with Gasteiger partial charge in [0, 0.05) is 17.2 Å². The van der Waals surface area contributed by atoms with Gasteiger partial charge in [-0.1, -0.05) is 30.3 Å². The molecule has 2 aromatic rings. The van der Waals surface area contributed by atoms with Crippen molar-refractivity contribution in [1.29, 1.82) is 0 Å². The van der Waals surface area contributed by atoms with Crippen LogP contribution in [0.5, 0.6) is 0 Å². The molecule has 0 bridgehead atoms. The molecule has 1 aliphatic rings. The van der Waals surface area contributed by atoms with Crippen molar-refractivity contribution in [2.75, 3.05) is 5.32 Å². The van der Waals surface area contributed by atoms with Gasteiger partial charge >= 0.3 is 0 Å². The lowest BCUT2D eigenvalue weighted by atomic mass is 10.0. The van der Waals surface area contributed by atoms with E-state index >= 15 is 0 Å². The minimum atomic E-state index is -0.972. The van der Waals surface area contributed by atoms with Crippen molar-refractivity contribution in [1.82, 2.24) is 0 Å². The second-order valence-electron chi connectivity index (χ2n) is 4.23. The first kappa shape index (κ1) is 11.6. The largest absolute Gasteiger partial charge is 0.321 e. The fraction of sp³-hybridized carbons (Fsp3) is 0. The monoisotopic (exact) mass is 257 g/mol. The molecule has 3 rings (SSSR count). The summed E-state index contributed by atoms with van der Waals surface area (Å²) in [7, 11) is 0. The highest BCUT2D eigenvalue weighted by Gasteiger charge is 2.26. The quantitative estimate of drug-likeness (QED) is 0.779. The topological polar surface area (TPSA) is 29.1 Å². The summed E-state index contributed by atoms with van der Waals surface area (Å²) >= 11 is 0. The van der Waals surface area contributed by atoms with Gasteiger partial charge in [-0.3, -0.25) is 4.79 Å². The van der Waals surface area contributed by atoms with Crippen LogP contribution in [0.25, 0.3) is 11.6 Å². The number of hydrogen-bond donors (Lipinski definition) is 1. The Balaban J connectivity index is 2.13. The van der Waals surface area contributed by atoms with Gasteiger partial charge in [0.1, 0.15) is 0 Å². The first-order valence-electron chi connectivity index (χ1n) is 5.72. The Kier molecular flexibility index (Phi) is 2.63. The summed E-state index contributed by atoms with van der Waals surface area (Å²) < 4.78 is 26.4. The zero-order valence-corrected chi connectivity index (χ0v) is 9.78. The van der Waals surface area contributed by atoms with Crippen molar-refractivity contribution in [3.63, 3.8) is 0 Å². The second-order valence-corrected chi connectivity index (χ2v) is 4.23. The van der Waals surface area contributed by atoms with Crippen molar-refractivity contribution >= 4 is 23.2 Å². The molecule has 4 heteroatoms. The zero-order valence-electron chi connectivity index (χ0n) is 9.78. The van der Waals surface area contributed by atoms with E-state index in [-0.39, 0.29) is 5.91 Å². The van der Waals surface area contributed by atoms with E-state index in [0.29, 0.717) is 16.8 Å². The highest BCUT2D eigenvalue weighted by atomic mass is 19.2. The third-order valence-electron chi connectivity index (χ3n) is 2.95. The van der Waals surface area contributed by atoms with E-state index in [1.54, 1.807) is 6.08 Å². The fourth-order valence-electron chi connectivity index (χ4n) is 2.04. The summed E-state index contributed by atoms with van der Waals surface area (Å²) in [5.41, 5.74) is 1.84. The molecule has 1 amide bonds. The van der Waals surface area contributed by atoms with Crippen molar-refractivity contribution in [3.8, 4) is 0 Å². The number of benzene rings is 2. The van der Waals surface area contributed by atoms with Crippen LogP contribution in [-0.2, 0) is 4.79 Å². The second kappa shape index (κ2) is 4.31. The maximum atomic E-state index is 13.3. The smallest absolute Gasteiger partial charge is 0.256 e. The van der Waals surface area contributed by atoms with Crippen molar-refractivity contribution in [3.05, 3.63) is 65.2 Å². The number of amides is 1. The van der Waals surface area contributed by atoms with Gasteiger partial charge < -0.3 is 5.32 Å². The lowest BCUT2D eigenvalue weighted by molar-refractivity contribution is -0.110. The fourth-order valence-corrected chi connectivity index (χ4v) is 2.04. The predicted octanol–water partition coefficient (Wildman–Crippen LogP) is 3.46. The third-order valence-corrected chi connectivity index (χ3v) is 2.95. The predicted molar refractivity (Wildman–Crippen MR) is 69.3 cm³/mol. The minimum absolute atomic E-state index is 0.297. The van der Waals surface area contributed by atoms with Gasteiger partial charge in [-0.05, 0) is 17.7 Å². The van der Waals surface area contributed by atoms with Gasteiger partial charge in [-0.15, -0.1) is 0 Å². The van der Waals surface area contributed by atoms with Gasteiger partial charge in [-0.25, -0.2) is 8.78 Å². The number of hydrogen-bond acceptors (Lipinski definition) is 1. The third kappa shape index (κ3) is 2.01. The SMILES string of the molecule is O=C1Nc2cc(F)c(F)cc2/C1=C\c1ccccc1. The van der Waals surface area contributed by atoms with E-state index in [4.69, 9.17) is 0 Å². The summed E-state index contributed by atoms with van der Waals surface area (Å²) in [5, 5.41) is 2.52. The average Bonchev–Trinajstić information content (AvgIpc) is 2.68. The van der Waals surface area contributed by atoms with Crippen LogP contribution in [0.2, 0.25) is 0 Å². The summed E-state index contributed by atoms with van der Waals surface area (Å²) in [6, 6.07) is 11.2. The Morgan fingerprint density at radius 2 is 1.68 bits per heavy atom. The van der Waals surface area contributed by atoms with Crippen LogP contribution in [0.3, 0.4) is 0 Å². The Labute approximate surface area is 108 Å². The molecule has 19 heavy (non-hydrogen) atoms. The molecule has 94 valence electrons. The molecular weight excluding hydrogens is 248 g/mol. The van der Waals surface area contributed by atoms with Gasteiger partial charge in [0.25, 0.3) is 5.91 Å². The highest BCUT2D eigenvalue weighted by Crippen LogP contribution is 2.34. The van der Waals surface area contributed by atoms with Gasteiger partial charge in [0.15, 0.2) is 11.6 Å². The number of carbonyl (C=O) groups is 1. The summed E-state index contributed by atoms with van der Waals surface area (Å²) in [6.07, 6.45) is 1.65. The van der Waals surface area contributed by atoms with Crippen LogP contribution in [0.1, 0.15) is 11.1 Å². The Hall–Kier alpha value is -2.49. The first-order valence-corrected chi connectivity index (χ1v) is 5.72. The molecule has 0 aliphatic carbocycles. The van der Waals surface area contributed by atoms with Crippen LogP contribution in [0.4, 0.5) is 14.5 Å². The number of carbonyl (C=O) groups excluding carboxylic acids is 1. The molecule has 0 saturated heterocycles. The summed E-state index contributed by atoms with van der Waals surface area (Å²) in [6.45, 7) is 0. The van der Waals surface area contributed by atoms with E-state index in [2.05, 4.69) is 5.32 Å². The van der Waals surface area contributed by atoms with E-state index in [9.17, 15) is 13.6 Å². The summed E-state index contributed by atoms with van der Waals surface area (Å²) in [5.74, 6) is -2.29. The summed E-state index contributed by atoms with van der Waals surface area (Å²) in [4.78, 5) is 11.8. The highest BCUT2D eigenvalue weighted by molar-refractivity contribution is 6.34. The molecule has 1 heterocycles. The lowest BCUT2D eigenvalue weighted by Crippen LogP contribution is -2.03. The molecule has 2 nitrogen and oxygen atoms in total. The maximum Gasteiger partial charge on any atom is 0.256 e. The standard InChI is InChI=1S/C15H9F2NO/c16-12-7-10-11(6-9-4-2-1-3-5-9)15(19)18-14(10)8-13(12)17/h1-8H,(H,18,19)/b11-6+. The van der Waals surface area contributed by atoms with Crippen LogP contribution in [0.15, 0.2) is 42.5 Å². The molecule has 0 atom stereocenters. The molecule has 2 aromatic carbocycles. The first-order chi connectivity index (χ1) is 9.15. The van der Waals surface area contributed by atoms with E-state index < -0.39 is 11.6 Å². The Morgan fingerprint density at radius 3 is 2.42 bits per heavy atom. The molecular formula is C15H9F2NO. The van der Waals surface area contributed by atoms with Crippen LogP contribution < -0.4 is 5.32 Å².